The molecule has 6 nitrogen and oxygen atoms in total. The van der Waals surface area contributed by atoms with Crippen LogP contribution < -0.4 is 5.32 Å². The molecule has 2 unspecified atom stereocenters. The van der Waals surface area contributed by atoms with Crippen LogP contribution in [0.3, 0.4) is 0 Å². The van der Waals surface area contributed by atoms with Crippen LogP contribution in [0.2, 0.25) is 0 Å². The predicted molar refractivity (Wildman–Crippen MR) is 95.2 cm³/mol. The lowest BCUT2D eigenvalue weighted by Gasteiger charge is -2.17. The average Bonchev–Trinajstić information content (AvgIpc) is 3.34. The van der Waals surface area contributed by atoms with Crippen LogP contribution in [0.4, 0.5) is 5.69 Å². The fourth-order valence-corrected chi connectivity index (χ4v) is 3.38. The van der Waals surface area contributed by atoms with Crippen molar-refractivity contribution in [2.24, 2.45) is 0 Å². The Balaban J connectivity index is 1.67. The zero-order valence-corrected chi connectivity index (χ0v) is 15.1. The molecule has 0 radical (unpaired) electrons. The second-order valence-electron chi connectivity index (χ2n) is 6.28. The molecule has 1 aromatic carbocycles. The molecule has 0 saturated heterocycles. The normalized spacial score (nSPS) is 16.6. The minimum atomic E-state index is -0.265. The third-order valence-corrected chi connectivity index (χ3v) is 5.42. The van der Waals surface area contributed by atoms with Gasteiger partial charge in [-0.25, -0.2) is 4.68 Å². The summed E-state index contributed by atoms with van der Waals surface area (Å²) >= 11 is 1.41. The lowest BCUT2D eigenvalue weighted by Crippen LogP contribution is -2.23. The fraction of sp³-hybridized carbons (Fsp3) is 0.529. The molecule has 3 rings (SSSR count). The highest BCUT2D eigenvalue weighted by Crippen LogP contribution is 2.37. The molecular formula is C17H23N5OS. The molecule has 0 bridgehead atoms. The lowest BCUT2D eigenvalue weighted by molar-refractivity contribution is -0.115. The zero-order valence-electron chi connectivity index (χ0n) is 14.3. The minimum Gasteiger partial charge on any atom is -0.325 e. The molecular weight excluding hydrogens is 322 g/mol. The molecule has 1 N–H and O–H groups in total. The number of tetrazole rings is 1. The number of hydrogen-bond donors (Lipinski definition) is 1. The molecule has 128 valence electrons. The fourth-order valence-electron chi connectivity index (χ4n) is 2.52. The van der Waals surface area contributed by atoms with E-state index in [0.717, 1.165) is 30.1 Å². The Labute approximate surface area is 146 Å². The zero-order chi connectivity index (χ0) is 17.1. The number of aromatic nitrogens is 4. The van der Waals surface area contributed by atoms with Gasteiger partial charge in [-0.05, 0) is 54.2 Å². The maximum Gasteiger partial charge on any atom is 0.237 e. The van der Waals surface area contributed by atoms with E-state index in [0.29, 0.717) is 12.0 Å². The van der Waals surface area contributed by atoms with Crippen molar-refractivity contribution in [3.63, 3.8) is 0 Å². The molecule has 1 saturated carbocycles. The van der Waals surface area contributed by atoms with Gasteiger partial charge in [0, 0.05) is 5.69 Å². The van der Waals surface area contributed by atoms with Crippen molar-refractivity contribution in [1.29, 1.82) is 0 Å². The van der Waals surface area contributed by atoms with E-state index in [-0.39, 0.29) is 11.2 Å². The van der Waals surface area contributed by atoms with Gasteiger partial charge in [-0.3, -0.25) is 4.79 Å². The van der Waals surface area contributed by atoms with Gasteiger partial charge in [-0.1, -0.05) is 43.8 Å². The first-order chi connectivity index (χ1) is 11.6. The second kappa shape index (κ2) is 7.34. The van der Waals surface area contributed by atoms with Crippen LogP contribution in [-0.2, 0) is 4.79 Å². The Bertz CT molecular complexity index is 713. The van der Waals surface area contributed by atoms with Crippen molar-refractivity contribution in [3.05, 3.63) is 29.8 Å². The molecule has 0 aliphatic heterocycles. The first kappa shape index (κ1) is 17.0. The first-order valence-electron chi connectivity index (χ1n) is 8.44. The number of carbonyl (C=O) groups excluding carboxylic acids is 1. The van der Waals surface area contributed by atoms with Crippen LogP contribution in [0.15, 0.2) is 29.4 Å². The quantitative estimate of drug-likeness (QED) is 0.776. The second-order valence-corrected chi connectivity index (χ2v) is 7.59. The monoisotopic (exact) mass is 345 g/mol. The van der Waals surface area contributed by atoms with Crippen molar-refractivity contribution >= 4 is 23.4 Å². The largest absolute Gasteiger partial charge is 0.325 e. The van der Waals surface area contributed by atoms with E-state index in [1.54, 1.807) is 0 Å². The number of benzene rings is 1. The number of nitrogens with one attached hydrogen (secondary N) is 1. The molecule has 2 atom stereocenters. The highest BCUT2D eigenvalue weighted by molar-refractivity contribution is 8.00. The maximum absolute atomic E-state index is 12.6. The molecule has 1 aromatic heterocycles. The van der Waals surface area contributed by atoms with Crippen LogP contribution in [0.5, 0.6) is 0 Å². The number of hydrogen-bond acceptors (Lipinski definition) is 5. The van der Waals surface area contributed by atoms with Gasteiger partial charge >= 0.3 is 0 Å². The Morgan fingerprint density at radius 1 is 1.38 bits per heavy atom. The summed E-state index contributed by atoms with van der Waals surface area (Å²) in [5, 5.41) is 15.3. The molecule has 1 aliphatic rings. The van der Waals surface area contributed by atoms with Gasteiger partial charge in [-0.2, -0.15) is 0 Å². The van der Waals surface area contributed by atoms with Crippen molar-refractivity contribution in [1.82, 2.24) is 20.2 Å². The number of para-hydroxylation sites is 1. The summed E-state index contributed by atoms with van der Waals surface area (Å²) in [5.41, 5.74) is 2.07. The number of carbonyl (C=O) groups is 1. The molecule has 0 spiro atoms. The van der Waals surface area contributed by atoms with Crippen molar-refractivity contribution in [2.75, 3.05) is 5.32 Å². The van der Waals surface area contributed by atoms with Crippen molar-refractivity contribution in [2.45, 2.75) is 62.4 Å². The Hall–Kier alpha value is -1.89. The summed E-state index contributed by atoms with van der Waals surface area (Å²) in [6, 6.07) is 8.41. The molecule has 1 fully saturated rings. The third kappa shape index (κ3) is 3.77. The molecule has 7 heteroatoms. The molecule has 1 heterocycles. The van der Waals surface area contributed by atoms with E-state index >= 15 is 0 Å². The van der Waals surface area contributed by atoms with Gasteiger partial charge in [0.25, 0.3) is 0 Å². The van der Waals surface area contributed by atoms with E-state index in [2.05, 4.69) is 40.8 Å². The van der Waals surface area contributed by atoms with Crippen molar-refractivity contribution in [3.8, 4) is 0 Å². The standard InChI is InChI=1S/C17H23N5OS/c1-4-11(2)14-7-5-6-8-15(14)18-16(23)12(3)24-17-19-20-21-22(17)13-9-10-13/h5-8,11-13H,4,9-10H2,1-3H3,(H,18,23). The van der Waals surface area contributed by atoms with E-state index in [1.165, 1.54) is 17.3 Å². The predicted octanol–water partition coefficient (Wildman–Crippen LogP) is 3.64. The molecule has 24 heavy (non-hydrogen) atoms. The number of thioether (sulfide) groups is 1. The van der Waals surface area contributed by atoms with Gasteiger partial charge < -0.3 is 5.32 Å². The summed E-state index contributed by atoms with van der Waals surface area (Å²) < 4.78 is 1.83. The van der Waals surface area contributed by atoms with Crippen LogP contribution in [0, 0.1) is 0 Å². The topological polar surface area (TPSA) is 72.7 Å². The van der Waals surface area contributed by atoms with Gasteiger partial charge in [0.2, 0.25) is 11.1 Å². The van der Waals surface area contributed by atoms with Crippen molar-refractivity contribution < 1.29 is 4.79 Å². The number of anilines is 1. The summed E-state index contributed by atoms with van der Waals surface area (Å²) in [4.78, 5) is 12.6. The number of rotatable bonds is 7. The van der Waals surface area contributed by atoms with Crippen LogP contribution in [0.25, 0.3) is 0 Å². The summed E-state index contributed by atoms with van der Waals surface area (Å²) in [5.74, 6) is 0.382. The van der Waals surface area contributed by atoms with Gasteiger partial charge in [-0.15, -0.1) is 5.10 Å². The maximum atomic E-state index is 12.6. The smallest absolute Gasteiger partial charge is 0.237 e. The number of nitrogens with zero attached hydrogens (tertiary/aromatic N) is 4. The minimum absolute atomic E-state index is 0.0268. The van der Waals surface area contributed by atoms with E-state index in [9.17, 15) is 4.79 Å². The third-order valence-electron chi connectivity index (χ3n) is 4.37. The Morgan fingerprint density at radius 2 is 2.12 bits per heavy atom. The Morgan fingerprint density at radius 3 is 2.83 bits per heavy atom. The highest BCUT2D eigenvalue weighted by atomic mass is 32.2. The Kier molecular flexibility index (Phi) is 5.18. The molecule has 1 amide bonds. The van der Waals surface area contributed by atoms with E-state index < -0.39 is 0 Å². The van der Waals surface area contributed by atoms with Gasteiger partial charge in [0.15, 0.2) is 0 Å². The molecule has 1 aliphatic carbocycles. The summed E-state index contributed by atoms with van der Waals surface area (Å²) in [6.45, 7) is 6.21. The summed E-state index contributed by atoms with van der Waals surface area (Å²) in [6.07, 6.45) is 3.26. The molecule has 2 aromatic rings. The first-order valence-corrected chi connectivity index (χ1v) is 9.32. The lowest BCUT2D eigenvalue weighted by atomic mass is 9.97. The summed E-state index contributed by atoms with van der Waals surface area (Å²) in [7, 11) is 0. The highest BCUT2D eigenvalue weighted by Gasteiger charge is 2.29. The van der Waals surface area contributed by atoms with E-state index in [4.69, 9.17) is 0 Å². The number of amides is 1. The SMILES string of the molecule is CCC(C)c1ccccc1NC(=O)C(C)Sc1nnnn1C1CC1. The van der Waals surface area contributed by atoms with Crippen LogP contribution >= 0.6 is 11.8 Å². The van der Waals surface area contributed by atoms with Crippen LogP contribution in [0.1, 0.15) is 57.6 Å². The van der Waals surface area contributed by atoms with Gasteiger partial charge in [0.05, 0.1) is 11.3 Å². The van der Waals surface area contributed by atoms with E-state index in [1.807, 2.05) is 29.8 Å². The van der Waals surface area contributed by atoms with Crippen LogP contribution in [-0.4, -0.2) is 31.4 Å². The van der Waals surface area contributed by atoms with Gasteiger partial charge in [0.1, 0.15) is 0 Å². The average molecular weight is 345 g/mol.